The highest BCUT2D eigenvalue weighted by Crippen LogP contribution is 2.31. The molecule has 1 fully saturated rings. The summed E-state index contributed by atoms with van der Waals surface area (Å²) in [6.45, 7) is 3.08. The average molecular weight is 270 g/mol. The van der Waals surface area contributed by atoms with E-state index in [0.29, 0.717) is 19.0 Å². The molecule has 18 heavy (non-hydrogen) atoms. The topological polar surface area (TPSA) is 70.2 Å². The molecule has 0 atom stereocenters. The molecule has 1 saturated carbocycles. The van der Waals surface area contributed by atoms with Crippen molar-refractivity contribution in [2.75, 3.05) is 13.1 Å². The van der Waals surface area contributed by atoms with Crippen LogP contribution in [0.5, 0.6) is 0 Å². The minimum absolute atomic E-state index is 0.163. The van der Waals surface area contributed by atoms with E-state index in [0.717, 1.165) is 19.3 Å². The summed E-state index contributed by atoms with van der Waals surface area (Å²) in [4.78, 5) is 13.5. The van der Waals surface area contributed by atoms with Gasteiger partial charge < -0.3 is 4.98 Å². The summed E-state index contributed by atoms with van der Waals surface area (Å²) in [5, 5.41) is 0. The smallest absolute Gasteiger partial charge is 0.247 e. The minimum Gasteiger partial charge on any atom is -0.328 e. The fraction of sp³-hybridized carbons (Fsp3) is 0.583. The van der Waals surface area contributed by atoms with Crippen LogP contribution in [0.3, 0.4) is 0 Å². The minimum atomic E-state index is -3.47. The van der Waals surface area contributed by atoms with Crippen LogP contribution in [0.4, 0.5) is 0 Å². The Hall–Kier alpha value is -1.14. The van der Waals surface area contributed by atoms with Gasteiger partial charge >= 0.3 is 0 Å². The molecule has 2 rings (SSSR count). The van der Waals surface area contributed by atoms with Gasteiger partial charge in [0.25, 0.3) is 0 Å². The standard InChI is InChI=1S/C12H18N2O3S/c1-2-7-14(9-10-3-4-10)18(16,17)11-5-6-12(15)13-8-11/h5-6,8,10H,2-4,7,9H2,1H3,(H,13,15). The Morgan fingerprint density at radius 1 is 1.39 bits per heavy atom. The van der Waals surface area contributed by atoms with Gasteiger partial charge in [-0.1, -0.05) is 6.92 Å². The Morgan fingerprint density at radius 2 is 2.11 bits per heavy atom. The van der Waals surface area contributed by atoms with Gasteiger partial charge in [0.15, 0.2) is 0 Å². The molecule has 100 valence electrons. The molecule has 1 N–H and O–H groups in total. The first-order valence-electron chi connectivity index (χ1n) is 6.23. The maximum absolute atomic E-state index is 12.4. The Bertz CT molecular complexity index is 540. The zero-order valence-corrected chi connectivity index (χ0v) is 11.2. The Labute approximate surface area is 107 Å². The summed E-state index contributed by atoms with van der Waals surface area (Å²) in [6.07, 6.45) is 4.28. The average Bonchev–Trinajstić information content (AvgIpc) is 3.13. The number of hydrogen-bond donors (Lipinski definition) is 1. The lowest BCUT2D eigenvalue weighted by molar-refractivity contribution is 0.395. The number of aromatic nitrogens is 1. The van der Waals surface area contributed by atoms with Crippen molar-refractivity contribution in [2.24, 2.45) is 5.92 Å². The predicted molar refractivity (Wildman–Crippen MR) is 68.8 cm³/mol. The number of sulfonamides is 1. The van der Waals surface area contributed by atoms with Crippen LogP contribution in [0.1, 0.15) is 26.2 Å². The van der Waals surface area contributed by atoms with E-state index in [1.54, 1.807) is 0 Å². The Morgan fingerprint density at radius 3 is 2.61 bits per heavy atom. The van der Waals surface area contributed by atoms with E-state index < -0.39 is 10.0 Å². The summed E-state index contributed by atoms with van der Waals surface area (Å²) in [7, 11) is -3.47. The summed E-state index contributed by atoms with van der Waals surface area (Å²) < 4.78 is 26.3. The molecule has 1 aromatic rings. The first-order valence-corrected chi connectivity index (χ1v) is 7.67. The summed E-state index contributed by atoms with van der Waals surface area (Å²) in [5.74, 6) is 0.508. The Kier molecular flexibility index (Phi) is 3.87. The van der Waals surface area contributed by atoms with Crippen molar-refractivity contribution >= 4 is 10.0 Å². The third-order valence-electron chi connectivity index (χ3n) is 3.03. The first-order chi connectivity index (χ1) is 8.54. The van der Waals surface area contributed by atoms with Gasteiger partial charge in [-0.05, 0) is 31.2 Å². The molecule has 0 spiro atoms. The van der Waals surface area contributed by atoms with Crippen molar-refractivity contribution in [3.05, 3.63) is 28.7 Å². The van der Waals surface area contributed by atoms with Crippen molar-refractivity contribution < 1.29 is 8.42 Å². The van der Waals surface area contributed by atoms with Gasteiger partial charge in [0, 0.05) is 25.4 Å². The third kappa shape index (κ3) is 3.00. The van der Waals surface area contributed by atoms with Gasteiger partial charge in [0.2, 0.25) is 15.6 Å². The third-order valence-corrected chi connectivity index (χ3v) is 4.89. The van der Waals surface area contributed by atoms with Crippen LogP contribution in [0, 0.1) is 5.92 Å². The van der Waals surface area contributed by atoms with E-state index in [4.69, 9.17) is 0 Å². The zero-order valence-electron chi connectivity index (χ0n) is 10.4. The second kappa shape index (κ2) is 5.24. The SMILES string of the molecule is CCCN(CC1CC1)S(=O)(=O)c1ccc(=O)[nH]c1. The molecule has 0 aliphatic heterocycles. The van der Waals surface area contributed by atoms with Crippen LogP contribution < -0.4 is 5.56 Å². The highest BCUT2D eigenvalue weighted by Gasteiger charge is 2.31. The van der Waals surface area contributed by atoms with E-state index in [9.17, 15) is 13.2 Å². The number of hydrogen-bond acceptors (Lipinski definition) is 3. The lowest BCUT2D eigenvalue weighted by atomic mass is 10.4. The number of aromatic amines is 1. The predicted octanol–water partition coefficient (Wildman–Crippen LogP) is 1.19. The lowest BCUT2D eigenvalue weighted by Gasteiger charge is -2.21. The molecule has 0 aromatic carbocycles. The van der Waals surface area contributed by atoms with Gasteiger partial charge in [0.1, 0.15) is 0 Å². The fourth-order valence-electron chi connectivity index (χ4n) is 1.85. The summed E-state index contributed by atoms with van der Waals surface area (Å²) in [6, 6.07) is 2.61. The van der Waals surface area contributed by atoms with E-state index in [-0.39, 0.29) is 10.5 Å². The molecular weight excluding hydrogens is 252 g/mol. The molecular formula is C12H18N2O3S. The molecule has 1 aromatic heterocycles. The highest BCUT2D eigenvalue weighted by atomic mass is 32.2. The lowest BCUT2D eigenvalue weighted by Crippen LogP contribution is -2.34. The molecule has 0 saturated heterocycles. The highest BCUT2D eigenvalue weighted by molar-refractivity contribution is 7.89. The maximum atomic E-state index is 12.4. The van der Waals surface area contributed by atoms with Crippen LogP contribution in [0.25, 0.3) is 0 Å². The summed E-state index contributed by atoms with van der Waals surface area (Å²) >= 11 is 0. The van der Waals surface area contributed by atoms with Crippen molar-refractivity contribution in [3.8, 4) is 0 Å². The number of nitrogens with one attached hydrogen (secondary N) is 1. The normalized spacial score (nSPS) is 16.1. The fourth-order valence-corrected chi connectivity index (χ4v) is 3.43. The van der Waals surface area contributed by atoms with Crippen molar-refractivity contribution in [1.29, 1.82) is 0 Å². The largest absolute Gasteiger partial charge is 0.328 e. The van der Waals surface area contributed by atoms with Crippen molar-refractivity contribution in [3.63, 3.8) is 0 Å². The van der Waals surface area contributed by atoms with Gasteiger partial charge in [-0.3, -0.25) is 4.79 Å². The van der Waals surface area contributed by atoms with Gasteiger partial charge in [-0.15, -0.1) is 0 Å². The number of rotatable bonds is 6. The van der Waals surface area contributed by atoms with Crippen LogP contribution in [0.15, 0.2) is 28.0 Å². The number of nitrogens with zero attached hydrogens (tertiary/aromatic N) is 1. The second-order valence-electron chi connectivity index (χ2n) is 4.70. The molecule has 1 aliphatic rings. The maximum Gasteiger partial charge on any atom is 0.247 e. The number of H-pyrrole nitrogens is 1. The van der Waals surface area contributed by atoms with Crippen molar-refractivity contribution in [2.45, 2.75) is 31.1 Å². The first kappa shape index (κ1) is 13.3. The van der Waals surface area contributed by atoms with Crippen LogP contribution in [-0.4, -0.2) is 30.8 Å². The van der Waals surface area contributed by atoms with Crippen molar-refractivity contribution in [1.82, 2.24) is 9.29 Å². The summed E-state index contributed by atoms with van der Waals surface area (Å²) in [5.41, 5.74) is -0.293. The quantitative estimate of drug-likeness (QED) is 0.844. The molecule has 0 amide bonds. The van der Waals surface area contributed by atoms with Gasteiger partial charge in [-0.25, -0.2) is 8.42 Å². The molecule has 0 bridgehead atoms. The van der Waals surface area contributed by atoms with E-state index in [1.807, 2.05) is 6.92 Å². The van der Waals surface area contributed by atoms with E-state index in [2.05, 4.69) is 4.98 Å². The molecule has 0 unspecified atom stereocenters. The monoisotopic (exact) mass is 270 g/mol. The molecule has 5 nitrogen and oxygen atoms in total. The van der Waals surface area contributed by atoms with Gasteiger partial charge in [-0.2, -0.15) is 4.31 Å². The molecule has 0 radical (unpaired) electrons. The van der Waals surface area contributed by atoms with E-state index >= 15 is 0 Å². The second-order valence-corrected chi connectivity index (χ2v) is 6.63. The molecule has 6 heteroatoms. The van der Waals surface area contributed by atoms with Crippen LogP contribution in [0.2, 0.25) is 0 Å². The van der Waals surface area contributed by atoms with Crippen LogP contribution >= 0.6 is 0 Å². The van der Waals surface area contributed by atoms with E-state index in [1.165, 1.54) is 22.6 Å². The number of pyridine rings is 1. The van der Waals surface area contributed by atoms with Crippen LogP contribution in [-0.2, 0) is 10.0 Å². The zero-order chi connectivity index (χ0) is 13.2. The molecule has 1 aliphatic carbocycles. The van der Waals surface area contributed by atoms with Gasteiger partial charge in [0.05, 0.1) is 4.90 Å². The molecule has 1 heterocycles. The Balaban J connectivity index is 2.25.